The molecule has 0 bridgehead atoms. The molecule has 0 heterocycles. The van der Waals surface area contributed by atoms with E-state index < -0.39 is 0 Å². The van der Waals surface area contributed by atoms with Crippen molar-refractivity contribution >= 4 is 0 Å². The van der Waals surface area contributed by atoms with Crippen molar-refractivity contribution in [3.63, 3.8) is 0 Å². The highest BCUT2D eigenvalue weighted by atomic mass is 14.2. The summed E-state index contributed by atoms with van der Waals surface area (Å²) in [6.07, 6.45) is 0. The number of nitrogens with zero attached hydrogens (tertiary/aromatic N) is 1. The Morgan fingerprint density at radius 2 is 1.73 bits per heavy atom. The van der Waals surface area contributed by atoms with E-state index in [0.29, 0.717) is 5.56 Å². The van der Waals surface area contributed by atoms with E-state index in [4.69, 9.17) is 5.26 Å². The molecule has 2 aromatic carbocycles. The first-order valence-electron chi connectivity index (χ1n) is 4.73. The van der Waals surface area contributed by atoms with Gasteiger partial charge in [0, 0.05) is 0 Å². The molecule has 0 amide bonds. The summed E-state index contributed by atoms with van der Waals surface area (Å²) in [7, 11) is 0. The van der Waals surface area contributed by atoms with E-state index in [1.807, 2.05) is 48.5 Å². The number of rotatable bonds is 1. The Hall–Kier alpha value is -2.07. The predicted molar refractivity (Wildman–Crippen MR) is 61.1 cm³/mol. The first-order valence-corrected chi connectivity index (χ1v) is 4.73. The Morgan fingerprint density at radius 3 is 2.40 bits per heavy atom. The van der Waals surface area contributed by atoms with Gasteiger partial charge in [-0.15, -0.1) is 0 Å². The standard InChI is InChI=1S/C14H10N/c1-11-7-8-14(13(9-11)10-15)12-5-3-2-4-6-12/h2-9H,1H2. The molecule has 0 spiro atoms. The molecule has 0 saturated carbocycles. The Labute approximate surface area is 89.6 Å². The van der Waals surface area contributed by atoms with Gasteiger partial charge in [0.1, 0.15) is 0 Å². The Morgan fingerprint density at radius 1 is 1.00 bits per heavy atom. The van der Waals surface area contributed by atoms with Gasteiger partial charge in [-0.25, -0.2) is 0 Å². The molecule has 0 aliphatic carbocycles. The zero-order chi connectivity index (χ0) is 10.7. The molecule has 0 fully saturated rings. The normalized spacial score (nSPS) is 9.60. The number of benzene rings is 2. The first kappa shape index (κ1) is 9.48. The summed E-state index contributed by atoms with van der Waals surface area (Å²) in [6, 6.07) is 17.8. The summed E-state index contributed by atoms with van der Waals surface area (Å²) in [5.74, 6) is 0. The fourth-order valence-corrected chi connectivity index (χ4v) is 1.55. The second-order valence-corrected chi connectivity index (χ2v) is 3.36. The molecule has 0 atom stereocenters. The lowest BCUT2D eigenvalue weighted by atomic mass is 9.99. The van der Waals surface area contributed by atoms with Gasteiger partial charge in [0.2, 0.25) is 0 Å². The molecule has 2 rings (SSSR count). The van der Waals surface area contributed by atoms with Crippen LogP contribution in [0.1, 0.15) is 11.1 Å². The van der Waals surface area contributed by atoms with Crippen molar-refractivity contribution in [1.82, 2.24) is 0 Å². The van der Waals surface area contributed by atoms with Crippen LogP contribution in [-0.2, 0) is 0 Å². The third-order valence-electron chi connectivity index (χ3n) is 2.29. The van der Waals surface area contributed by atoms with Crippen molar-refractivity contribution in [2.45, 2.75) is 0 Å². The van der Waals surface area contributed by atoms with E-state index in [1.54, 1.807) is 0 Å². The molecule has 71 valence electrons. The van der Waals surface area contributed by atoms with Gasteiger partial charge in [0.05, 0.1) is 11.6 Å². The molecule has 0 aromatic heterocycles. The number of hydrogen-bond acceptors (Lipinski definition) is 1. The molecular weight excluding hydrogens is 182 g/mol. The van der Waals surface area contributed by atoms with E-state index in [9.17, 15) is 0 Å². The quantitative estimate of drug-likeness (QED) is 0.679. The van der Waals surface area contributed by atoms with Crippen LogP contribution in [0.2, 0.25) is 0 Å². The lowest BCUT2D eigenvalue weighted by Crippen LogP contribution is -1.85. The van der Waals surface area contributed by atoms with Crippen LogP contribution in [0.5, 0.6) is 0 Å². The molecular formula is C14H10N. The minimum Gasteiger partial charge on any atom is -0.192 e. The van der Waals surface area contributed by atoms with Crippen LogP contribution in [0.25, 0.3) is 11.1 Å². The minimum atomic E-state index is 0.675. The molecule has 0 saturated heterocycles. The Bertz CT molecular complexity index is 507. The van der Waals surface area contributed by atoms with Crippen molar-refractivity contribution in [1.29, 1.82) is 5.26 Å². The largest absolute Gasteiger partial charge is 0.192 e. The first-order chi connectivity index (χ1) is 7.31. The summed E-state index contributed by atoms with van der Waals surface area (Å²) in [5.41, 5.74) is 3.57. The summed E-state index contributed by atoms with van der Waals surface area (Å²) in [4.78, 5) is 0. The van der Waals surface area contributed by atoms with Gasteiger partial charge in [-0.3, -0.25) is 0 Å². The Kier molecular flexibility index (Phi) is 2.51. The topological polar surface area (TPSA) is 23.8 Å². The molecule has 1 heteroatoms. The average molecular weight is 192 g/mol. The summed E-state index contributed by atoms with van der Waals surface area (Å²) < 4.78 is 0. The molecule has 1 nitrogen and oxygen atoms in total. The monoisotopic (exact) mass is 192 g/mol. The highest BCUT2D eigenvalue weighted by molar-refractivity contribution is 5.70. The van der Waals surface area contributed by atoms with E-state index in [1.165, 1.54) is 0 Å². The van der Waals surface area contributed by atoms with Crippen molar-refractivity contribution in [2.24, 2.45) is 0 Å². The second-order valence-electron chi connectivity index (χ2n) is 3.36. The molecule has 2 aromatic rings. The number of hydrogen-bond donors (Lipinski definition) is 0. The van der Waals surface area contributed by atoms with Crippen LogP contribution in [0.4, 0.5) is 0 Å². The van der Waals surface area contributed by atoms with E-state index in [0.717, 1.165) is 16.7 Å². The molecule has 0 unspecified atom stereocenters. The molecule has 0 aliphatic heterocycles. The van der Waals surface area contributed by atoms with Crippen molar-refractivity contribution in [2.75, 3.05) is 0 Å². The van der Waals surface area contributed by atoms with Gasteiger partial charge in [0.25, 0.3) is 0 Å². The Balaban J connectivity index is 2.60. The number of nitriles is 1. The average Bonchev–Trinajstić information content (AvgIpc) is 2.30. The van der Waals surface area contributed by atoms with Gasteiger partial charge in [-0.2, -0.15) is 5.26 Å². The minimum absolute atomic E-state index is 0.675. The van der Waals surface area contributed by atoms with Crippen LogP contribution < -0.4 is 0 Å². The molecule has 0 N–H and O–H groups in total. The molecule has 0 aliphatic rings. The van der Waals surface area contributed by atoms with Gasteiger partial charge in [-0.05, 0) is 29.7 Å². The van der Waals surface area contributed by atoms with Crippen LogP contribution in [0, 0.1) is 18.3 Å². The fraction of sp³-hybridized carbons (Fsp3) is 0. The highest BCUT2D eigenvalue weighted by Gasteiger charge is 2.03. The summed E-state index contributed by atoms with van der Waals surface area (Å²) in [6.45, 7) is 3.81. The third kappa shape index (κ3) is 1.89. The molecule has 15 heavy (non-hydrogen) atoms. The van der Waals surface area contributed by atoms with Gasteiger partial charge in [0.15, 0.2) is 0 Å². The fourth-order valence-electron chi connectivity index (χ4n) is 1.55. The summed E-state index contributed by atoms with van der Waals surface area (Å²) >= 11 is 0. The van der Waals surface area contributed by atoms with Crippen molar-refractivity contribution in [3.8, 4) is 17.2 Å². The lowest BCUT2D eigenvalue weighted by Gasteiger charge is -2.04. The second kappa shape index (κ2) is 3.98. The van der Waals surface area contributed by atoms with E-state index >= 15 is 0 Å². The third-order valence-corrected chi connectivity index (χ3v) is 2.29. The summed E-state index contributed by atoms with van der Waals surface area (Å²) in [5, 5.41) is 9.03. The maximum absolute atomic E-state index is 9.03. The van der Waals surface area contributed by atoms with Crippen molar-refractivity contribution in [3.05, 3.63) is 66.6 Å². The van der Waals surface area contributed by atoms with Gasteiger partial charge >= 0.3 is 0 Å². The zero-order valence-electron chi connectivity index (χ0n) is 8.27. The molecule has 1 radical (unpaired) electrons. The van der Waals surface area contributed by atoms with E-state index in [-0.39, 0.29) is 0 Å². The van der Waals surface area contributed by atoms with Crippen LogP contribution >= 0.6 is 0 Å². The van der Waals surface area contributed by atoms with Crippen molar-refractivity contribution < 1.29 is 0 Å². The lowest BCUT2D eigenvalue weighted by molar-refractivity contribution is 1.46. The predicted octanol–water partition coefficient (Wildman–Crippen LogP) is 3.41. The van der Waals surface area contributed by atoms with Gasteiger partial charge < -0.3 is 0 Å². The van der Waals surface area contributed by atoms with E-state index in [2.05, 4.69) is 13.0 Å². The maximum atomic E-state index is 9.03. The smallest absolute Gasteiger partial charge is 0.0998 e. The maximum Gasteiger partial charge on any atom is 0.0998 e. The van der Waals surface area contributed by atoms with Crippen LogP contribution in [0.15, 0.2) is 48.5 Å². The SMILES string of the molecule is [CH2]c1ccc(-c2ccccc2)c(C#N)c1. The highest BCUT2D eigenvalue weighted by Crippen LogP contribution is 2.23. The van der Waals surface area contributed by atoms with Crippen LogP contribution in [0.3, 0.4) is 0 Å². The zero-order valence-corrected chi connectivity index (χ0v) is 8.27. The van der Waals surface area contributed by atoms with Crippen LogP contribution in [-0.4, -0.2) is 0 Å². The van der Waals surface area contributed by atoms with Gasteiger partial charge in [-0.1, -0.05) is 42.5 Å².